The molecule has 1 fully saturated rings. The van der Waals surface area contributed by atoms with Crippen molar-refractivity contribution in [2.45, 2.75) is 38.0 Å². The minimum atomic E-state index is -0.290. The van der Waals surface area contributed by atoms with Gasteiger partial charge < -0.3 is 15.2 Å². The summed E-state index contributed by atoms with van der Waals surface area (Å²) in [5.41, 5.74) is 0.910. The zero-order chi connectivity index (χ0) is 17.8. The number of hydrogen-bond donors (Lipinski definition) is 2. The molecule has 0 aromatic carbocycles. The van der Waals surface area contributed by atoms with Crippen molar-refractivity contribution in [2.24, 2.45) is 5.92 Å². The van der Waals surface area contributed by atoms with Gasteiger partial charge in [-0.15, -0.1) is 0 Å². The molecule has 0 radical (unpaired) electrons. The summed E-state index contributed by atoms with van der Waals surface area (Å²) >= 11 is 5.82. The number of pyridine rings is 1. The lowest BCUT2D eigenvalue weighted by Crippen LogP contribution is -2.41. The van der Waals surface area contributed by atoms with E-state index in [0.29, 0.717) is 36.7 Å². The van der Waals surface area contributed by atoms with E-state index >= 15 is 0 Å². The number of rotatable bonds is 7. The average molecular weight is 365 g/mol. The van der Waals surface area contributed by atoms with Crippen molar-refractivity contribution >= 4 is 17.5 Å². The van der Waals surface area contributed by atoms with Gasteiger partial charge in [0.05, 0.1) is 30.5 Å². The zero-order valence-corrected chi connectivity index (χ0v) is 14.7. The fourth-order valence-electron chi connectivity index (χ4n) is 2.99. The molecule has 2 heterocycles. The van der Waals surface area contributed by atoms with Crippen molar-refractivity contribution in [3.63, 3.8) is 0 Å². The summed E-state index contributed by atoms with van der Waals surface area (Å²) in [5, 5.41) is 17.3. The smallest absolute Gasteiger partial charge is 0.222 e. The van der Waals surface area contributed by atoms with E-state index < -0.39 is 0 Å². The average Bonchev–Trinajstić information content (AvgIpc) is 3.01. The molecule has 3 rings (SSSR count). The van der Waals surface area contributed by atoms with Crippen LogP contribution in [0, 0.1) is 5.92 Å². The molecule has 0 spiro atoms. The Bertz CT molecular complexity index is 713. The number of ether oxygens (including phenoxy) is 1. The lowest BCUT2D eigenvalue weighted by Gasteiger charge is -2.38. The maximum atomic E-state index is 12.4. The molecule has 0 bridgehead atoms. The molecule has 1 aliphatic carbocycles. The summed E-state index contributed by atoms with van der Waals surface area (Å²) in [7, 11) is 1.56. The minimum absolute atomic E-state index is 0.0752. The molecule has 0 saturated heterocycles. The number of aliphatic hydroxyl groups is 1. The van der Waals surface area contributed by atoms with Crippen LogP contribution in [0.2, 0.25) is 5.02 Å². The van der Waals surface area contributed by atoms with Crippen molar-refractivity contribution in [2.75, 3.05) is 7.11 Å². The molecule has 134 valence electrons. The van der Waals surface area contributed by atoms with E-state index in [1.54, 1.807) is 36.4 Å². The number of aryl methyl sites for hydroxylation is 1. The molecular weight excluding hydrogens is 344 g/mol. The standard InChI is InChI=1S/C17H21ClN4O3/c1-25-16-3-2-11(8-19-16)17(12-6-14(23)7-12)21-15(24)4-5-22-10-13(18)9-20-22/h2-3,8-10,12,14,17,23H,4-7H2,1H3,(H,21,24)/t12?,14?,17-/m1/s1. The molecule has 8 heteroatoms. The number of aliphatic hydroxyl groups excluding tert-OH is 1. The summed E-state index contributed by atoms with van der Waals surface area (Å²) in [4.78, 5) is 16.6. The summed E-state index contributed by atoms with van der Waals surface area (Å²) in [6.45, 7) is 0.458. The van der Waals surface area contributed by atoms with Gasteiger partial charge in [-0.1, -0.05) is 17.7 Å². The number of aromatic nitrogens is 3. The van der Waals surface area contributed by atoms with Crippen LogP contribution in [0.4, 0.5) is 0 Å². The molecule has 7 nitrogen and oxygen atoms in total. The van der Waals surface area contributed by atoms with E-state index in [-0.39, 0.29) is 24.0 Å². The Hall–Kier alpha value is -2.12. The Labute approximate surface area is 151 Å². The van der Waals surface area contributed by atoms with Gasteiger partial charge in [0, 0.05) is 31.4 Å². The number of carbonyl (C=O) groups excluding carboxylic acids is 1. The predicted octanol–water partition coefficient (Wildman–Crippen LogP) is 1.96. The van der Waals surface area contributed by atoms with Crippen molar-refractivity contribution < 1.29 is 14.6 Å². The lowest BCUT2D eigenvalue weighted by atomic mass is 9.75. The second kappa shape index (κ2) is 7.84. The SMILES string of the molecule is COc1ccc([C@@H](NC(=O)CCn2cc(Cl)cn2)C2CC(O)C2)cn1. The fourth-order valence-corrected chi connectivity index (χ4v) is 3.15. The quantitative estimate of drug-likeness (QED) is 0.784. The van der Waals surface area contributed by atoms with E-state index in [2.05, 4.69) is 15.4 Å². The molecule has 1 aliphatic rings. The highest BCUT2D eigenvalue weighted by molar-refractivity contribution is 6.30. The van der Waals surface area contributed by atoms with Crippen LogP contribution in [0.15, 0.2) is 30.7 Å². The number of methoxy groups -OCH3 is 1. The van der Waals surface area contributed by atoms with Crippen molar-refractivity contribution in [1.82, 2.24) is 20.1 Å². The van der Waals surface area contributed by atoms with Crippen LogP contribution in [-0.2, 0) is 11.3 Å². The zero-order valence-electron chi connectivity index (χ0n) is 13.9. The first-order valence-electron chi connectivity index (χ1n) is 8.20. The van der Waals surface area contributed by atoms with Crippen LogP contribution in [0.25, 0.3) is 0 Å². The first kappa shape index (κ1) is 17.7. The third-order valence-corrected chi connectivity index (χ3v) is 4.63. The van der Waals surface area contributed by atoms with E-state index in [1.165, 1.54) is 0 Å². The van der Waals surface area contributed by atoms with Crippen LogP contribution >= 0.6 is 11.6 Å². The molecular formula is C17H21ClN4O3. The van der Waals surface area contributed by atoms with Gasteiger partial charge in [-0.25, -0.2) is 4.98 Å². The Morgan fingerprint density at radius 3 is 2.84 bits per heavy atom. The van der Waals surface area contributed by atoms with Crippen LogP contribution in [0.5, 0.6) is 5.88 Å². The summed E-state index contributed by atoms with van der Waals surface area (Å²) in [6.07, 6.45) is 6.29. The third-order valence-electron chi connectivity index (χ3n) is 4.43. The molecule has 2 N–H and O–H groups in total. The third kappa shape index (κ3) is 4.49. The van der Waals surface area contributed by atoms with Crippen molar-refractivity contribution in [3.05, 3.63) is 41.3 Å². The van der Waals surface area contributed by atoms with E-state index in [1.807, 2.05) is 6.07 Å². The van der Waals surface area contributed by atoms with Gasteiger partial charge in [0.2, 0.25) is 11.8 Å². The molecule has 2 aromatic rings. The fraction of sp³-hybridized carbons (Fsp3) is 0.471. The molecule has 25 heavy (non-hydrogen) atoms. The minimum Gasteiger partial charge on any atom is -0.481 e. The molecule has 1 atom stereocenters. The molecule has 0 unspecified atom stereocenters. The molecule has 2 aromatic heterocycles. The van der Waals surface area contributed by atoms with Crippen molar-refractivity contribution in [1.29, 1.82) is 0 Å². The highest BCUT2D eigenvalue weighted by Crippen LogP contribution is 2.38. The predicted molar refractivity (Wildman–Crippen MR) is 92.3 cm³/mol. The number of hydrogen-bond acceptors (Lipinski definition) is 5. The maximum Gasteiger partial charge on any atom is 0.222 e. The maximum absolute atomic E-state index is 12.4. The highest BCUT2D eigenvalue weighted by atomic mass is 35.5. The van der Waals surface area contributed by atoms with Crippen LogP contribution in [-0.4, -0.2) is 39.0 Å². The normalized spacial score (nSPS) is 20.6. The molecule has 0 aliphatic heterocycles. The van der Waals surface area contributed by atoms with Crippen LogP contribution < -0.4 is 10.1 Å². The largest absolute Gasteiger partial charge is 0.481 e. The summed E-state index contributed by atoms with van der Waals surface area (Å²) in [6, 6.07) is 3.50. The van der Waals surface area contributed by atoms with Crippen LogP contribution in [0.1, 0.15) is 30.9 Å². The van der Waals surface area contributed by atoms with E-state index in [0.717, 1.165) is 5.56 Å². The summed E-state index contributed by atoms with van der Waals surface area (Å²) < 4.78 is 6.72. The van der Waals surface area contributed by atoms with Gasteiger partial charge in [0.1, 0.15) is 0 Å². The second-order valence-electron chi connectivity index (χ2n) is 6.24. The number of nitrogens with zero attached hydrogens (tertiary/aromatic N) is 3. The topological polar surface area (TPSA) is 89.3 Å². The summed E-state index contributed by atoms with van der Waals surface area (Å²) in [5.74, 6) is 0.653. The monoisotopic (exact) mass is 364 g/mol. The van der Waals surface area contributed by atoms with E-state index in [4.69, 9.17) is 16.3 Å². The number of carbonyl (C=O) groups is 1. The van der Waals surface area contributed by atoms with E-state index in [9.17, 15) is 9.90 Å². The van der Waals surface area contributed by atoms with Crippen molar-refractivity contribution in [3.8, 4) is 5.88 Å². The second-order valence-corrected chi connectivity index (χ2v) is 6.67. The Kier molecular flexibility index (Phi) is 5.55. The first-order valence-corrected chi connectivity index (χ1v) is 8.58. The van der Waals surface area contributed by atoms with Gasteiger partial charge in [-0.05, 0) is 24.3 Å². The van der Waals surface area contributed by atoms with Gasteiger partial charge in [-0.2, -0.15) is 5.10 Å². The number of halogens is 1. The Morgan fingerprint density at radius 2 is 2.28 bits per heavy atom. The number of nitrogens with one attached hydrogen (secondary N) is 1. The lowest BCUT2D eigenvalue weighted by molar-refractivity contribution is -0.123. The highest BCUT2D eigenvalue weighted by Gasteiger charge is 2.35. The Morgan fingerprint density at radius 1 is 1.48 bits per heavy atom. The molecule has 1 amide bonds. The first-order chi connectivity index (χ1) is 12.0. The number of amides is 1. The van der Waals surface area contributed by atoms with Gasteiger partial charge in [0.15, 0.2) is 0 Å². The van der Waals surface area contributed by atoms with Crippen LogP contribution in [0.3, 0.4) is 0 Å². The van der Waals surface area contributed by atoms with Gasteiger partial charge >= 0.3 is 0 Å². The Balaban J connectivity index is 1.63. The van der Waals surface area contributed by atoms with Gasteiger partial charge in [0.25, 0.3) is 0 Å². The molecule has 1 saturated carbocycles. The van der Waals surface area contributed by atoms with Gasteiger partial charge in [-0.3, -0.25) is 9.48 Å².